The number of urea groups is 1. The van der Waals surface area contributed by atoms with Gasteiger partial charge in [0.1, 0.15) is 6.54 Å². The van der Waals surface area contributed by atoms with E-state index >= 15 is 0 Å². The molecule has 0 aromatic carbocycles. The van der Waals surface area contributed by atoms with Gasteiger partial charge in [0.05, 0.1) is 0 Å². The van der Waals surface area contributed by atoms with Crippen LogP contribution < -0.4 is 0 Å². The van der Waals surface area contributed by atoms with Gasteiger partial charge >= 0.3 is 12.1 Å². The zero-order valence-corrected chi connectivity index (χ0v) is 5.77. The van der Waals surface area contributed by atoms with Gasteiger partial charge in [0.15, 0.2) is 0 Å². The van der Waals surface area contributed by atoms with E-state index in [1.807, 2.05) is 0 Å². The minimum atomic E-state index is -1.40. The van der Waals surface area contributed by atoms with Crippen LogP contribution >= 0.6 is 0 Å². The van der Waals surface area contributed by atoms with Crippen molar-refractivity contribution in [1.29, 1.82) is 0 Å². The Morgan fingerprint density at radius 1 is 1.55 bits per heavy atom. The van der Waals surface area contributed by atoms with Gasteiger partial charge < -0.3 is 5.11 Å². The fourth-order valence-electron chi connectivity index (χ4n) is 0.746. The van der Waals surface area contributed by atoms with Crippen molar-refractivity contribution in [3.63, 3.8) is 0 Å². The van der Waals surface area contributed by atoms with E-state index < -0.39 is 18.0 Å². The molecule has 1 heterocycles. The molecule has 0 saturated carbocycles. The third kappa shape index (κ3) is 1.02. The van der Waals surface area contributed by atoms with E-state index in [9.17, 15) is 14.4 Å². The largest absolute Gasteiger partial charge is 0.465 e. The molecule has 1 aliphatic heterocycles. The first kappa shape index (κ1) is 7.52. The molecule has 0 spiro atoms. The lowest BCUT2D eigenvalue weighted by Crippen LogP contribution is -2.33. The highest BCUT2D eigenvalue weighted by Gasteiger charge is 2.37. The van der Waals surface area contributed by atoms with Gasteiger partial charge in [-0.05, 0) is 0 Å². The smallest absolute Gasteiger partial charge is 0.416 e. The molecule has 0 unspecified atom stereocenters. The van der Waals surface area contributed by atoms with Crippen LogP contribution in [0.25, 0.3) is 0 Å². The molecule has 1 rings (SSSR count). The van der Waals surface area contributed by atoms with Crippen LogP contribution in [0.3, 0.4) is 0 Å². The fraction of sp³-hybridized carbons (Fsp3) is 0.400. The van der Waals surface area contributed by atoms with E-state index in [0.717, 1.165) is 4.90 Å². The minimum absolute atomic E-state index is 0.370. The molecule has 6 heteroatoms. The zero-order valence-electron chi connectivity index (χ0n) is 5.77. The second-order valence-electron chi connectivity index (χ2n) is 2.10. The Hall–Kier alpha value is -1.59. The Labute approximate surface area is 62.0 Å². The lowest BCUT2D eigenvalue weighted by Gasteiger charge is -2.06. The molecule has 60 valence electrons. The van der Waals surface area contributed by atoms with E-state index in [0.29, 0.717) is 4.90 Å². The SMILES string of the molecule is CN1C(=O)CN(C(=O)O)C1=O. The number of imide groups is 2. The van der Waals surface area contributed by atoms with Crippen molar-refractivity contribution < 1.29 is 19.5 Å². The quantitative estimate of drug-likeness (QED) is 0.484. The molecule has 0 aromatic heterocycles. The molecule has 0 aliphatic carbocycles. The summed E-state index contributed by atoms with van der Waals surface area (Å²) in [7, 11) is 1.24. The fourth-order valence-corrected chi connectivity index (χ4v) is 0.746. The molecule has 0 radical (unpaired) electrons. The van der Waals surface area contributed by atoms with E-state index in [-0.39, 0.29) is 6.54 Å². The summed E-state index contributed by atoms with van der Waals surface area (Å²) in [5.41, 5.74) is 0. The number of amides is 4. The number of carbonyl (C=O) groups excluding carboxylic acids is 2. The summed E-state index contributed by atoms with van der Waals surface area (Å²) in [5, 5.41) is 8.35. The Kier molecular flexibility index (Phi) is 1.52. The molecule has 11 heavy (non-hydrogen) atoms. The summed E-state index contributed by atoms with van der Waals surface area (Å²) >= 11 is 0. The van der Waals surface area contributed by atoms with E-state index in [2.05, 4.69) is 0 Å². The van der Waals surface area contributed by atoms with Crippen molar-refractivity contribution in [3.8, 4) is 0 Å². The monoisotopic (exact) mass is 158 g/mol. The molecule has 1 fully saturated rings. The average molecular weight is 158 g/mol. The van der Waals surface area contributed by atoms with Gasteiger partial charge in [-0.1, -0.05) is 0 Å². The van der Waals surface area contributed by atoms with Gasteiger partial charge in [-0.2, -0.15) is 0 Å². The first-order chi connectivity index (χ1) is 5.04. The number of hydrogen-bond acceptors (Lipinski definition) is 3. The van der Waals surface area contributed by atoms with Crippen molar-refractivity contribution >= 4 is 18.0 Å². The summed E-state index contributed by atoms with van der Waals surface area (Å²) in [5.74, 6) is -0.502. The van der Waals surface area contributed by atoms with Crippen molar-refractivity contribution in [2.75, 3.05) is 13.6 Å². The van der Waals surface area contributed by atoms with E-state index in [4.69, 9.17) is 5.11 Å². The Balaban J connectivity index is 2.83. The maximum Gasteiger partial charge on any atom is 0.416 e. The lowest BCUT2D eigenvalue weighted by molar-refractivity contribution is -0.124. The number of hydrogen-bond donors (Lipinski definition) is 1. The first-order valence-electron chi connectivity index (χ1n) is 2.85. The Bertz CT molecular complexity index is 237. The topological polar surface area (TPSA) is 77.9 Å². The third-order valence-electron chi connectivity index (χ3n) is 1.42. The molecular weight excluding hydrogens is 152 g/mol. The van der Waals surface area contributed by atoms with Crippen LogP contribution in [-0.4, -0.2) is 46.5 Å². The number of nitrogens with zero attached hydrogens (tertiary/aromatic N) is 2. The van der Waals surface area contributed by atoms with Gasteiger partial charge in [0.2, 0.25) is 0 Å². The van der Waals surface area contributed by atoms with Crippen LogP contribution in [-0.2, 0) is 4.79 Å². The van der Waals surface area contributed by atoms with Crippen LogP contribution in [0.4, 0.5) is 9.59 Å². The standard InChI is InChI=1S/C5H6N2O4/c1-6-3(8)2-7(4(6)9)5(10)11/h2H2,1H3,(H,10,11). The molecule has 6 nitrogen and oxygen atoms in total. The summed E-state index contributed by atoms with van der Waals surface area (Å²) in [6, 6.07) is -0.789. The van der Waals surface area contributed by atoms with Crippen LogP contribution in [0.5, 0.6) is 0 Å². The number of carboxylic acid groups (broad SMARTS) is 1. The molecule has 0 bridgehead atoms. The third-order valence-corrected chi connectivity index (χ3v) is 1.42. The predicted molar refractivity (Wildman–Crippen MR) is 32.9 cm³/mol. The highest BCUT2D eigenvalue weighted by atomic mass is 16.4. The molecule has 1 N–H and O–H groups in total. The summed E-state index contributed by atoms with van der Waals surface area (Å²) in [6.07, 6.45) is -1.40. The summed E-state index contributed by atoms with van der Waals surface area (Å²) < 4.78 is 0. The van der Waals surface area contributed by atoms with E-state index in [1.54, 1.807) is 0 Å². The minimum Gasteiger partial charge on any atom is -0.465 e. The molecule has 4 amide bonds. The molecule has 1 aliphatic rings. The normalized spacial score (nSPS) is 17.9. The molecule has 0 atom stereocenters. The lowest BCUT2D eigenvalue weighted by atomic mass is 10.6. The van der Waals surface area contributed by atoms with E-state index in [1.165, 1.54) is 7.05 Å². The maximum atomic E-state index is 10.8. The Morgan fingerprint density at radius 3 is 2.27 bits per heavy atom. The molecular formula is C5H6N2O4. The van der Waals surface area contributed by atoms with Gasteiger partial charge in [0, 0.05) is 7.05 Å². The summed E-state index contributed by atoms with van der Waals surface area (Å²) in [4.78, 5) is 33.0. The highest BCUT2D eigenvalue weighted by Crippen LogP contribution is 2.06. The van der Waals surface area contributed by atoms with Crippen molar-refractivity contribution in [3.05, 3.63) is 0 Å². The number of carbonyl (C=O) groups is 3. The summed E-state index contributed by atoms with van der Waals surface area (Å²) in [6.45, 7) is -0.370. The van der Waals surface area contributed by atoms with Crippen LogP contribution in [0, 0.1) is 0 Å². The maximum absolute atomic E-state index is 10.8. The number of rotatable bonds is 0. The van der Waals surface area contributed by atoms with Crippen molar-refractivity contribution in [2.45, 2.75) is 0 Å². The Morgan fingerprint density at radius 2 is 2.09 bits per heavy atom. The van der Waals surface area contributed by atoms with Gasteiger partial charge in [-0.25, -0.2) is 14.5 Å². The van der Waals surface area contributed by atoms with Crippen molar-refractivity contribution in [1.82, 2.24) is 9.80 Å². The molecule has 1 saturated heterocycles. The van der Waals surface area contributed by atoms with Crippen LogP contribution in [0.1, 0.15) is 0 Å². The van der Waals surface area contributed by atoms with Crippen molar-refractivity contribution in [2.24, 2.45) is 0 Å². The highest BCUT2D eigenvalue weighted by molar-refractivity contribution is 6.08. The van der Waals surface area contributed by atoms with Gasteiger partial charge in [-0.15, -0.1) is 0 Å². The predicted octanol–water partition coefficient (Wildman–Crippen LogP) is -0.442. The zero-order chi connectivity index (χ0) is 8.59. The second kappa shape index (κ2) is 2.22. The van der Waals surface area contributed by atoms with Gasteiger partial charge in [-0.3, -0.25) is 9.69 Å². The van der Waals surface area contributed by atoms with Crippen LogP contribution in [0.2, 0.25) is 0 Å². The number of likely N-dealkylation sites (N-methyl/N-ethyl adjacent to an activating group) is 1. The second-order valence-corrected chi connectivity index (χ2v) is 2.10. The molecule has 0 aromatic rings. The first-order valence-corrected chi connectivity index (χ1v) is 2.85. The van der Waals surface area contributed by atoms with Crippen LogP contribution in [0.15, 0.2) is 0 Å². The van der Waals surface area contributed by atoms with Gasteiger partial charge in [0.25, 0.3) is 5.91 Å². The average Bonchev–Trinajstić information content (AvgIpc) is 2.17.